The number of carbonyl (C=O) groups is 2. The SMILES string of the molecule is C=CC.CC1(C)C(c2ccc(C(=O)O)cc2)=CCC2(C)C1CCC1(C)C3CCC4(C(=O)NCCN5CCSCC5)CCCC4C3CCC12. The van der Waals surface area contributed by atoms with Crippen molar-refractivity contribution in [3.63, 3.8) is 0 Å². The van der Waals surface area contributed by atoms with Gasteiger partial charge in [0.2, 0.25) is 5.91 Å². The normalized spacial score (nSPS) is 38.4. The number of thioether (sulfide) groups is 1. The van der Waals surface area contributed by atoms with Gasteiger partial charge in [0, 0.05) is 37.7 Å². The molecule has 6 aliphatic rings. The Morgan fingerprint density at radius 2 is 1.65 bits per heavy atom. The minimum Gasteiger partial charge on any atom is -0.478 e. The van der Waals surface area contributed by atoms with Crippen LogP contribution in [-0.4, -0.2) is 59.6 Å². The monoisotopic (exact) mass is 674 g/mol. The van der Waals surface area contributed by atoms with Crippen LogP contribution in [0.4, 0.5) is 0 Å². The average Bonchev–Trinajstić information content (AvgIpc) is 3.51. The first-order valence-corrected chi connectivity index (χ1v) is 20.3. The fourth-order valence-electron chi connectivity index (χ4n) is 12.8. The van der Waals surface area contributed by atoms with E-state index in [1.54, 1.807) is 18.2 Å². The second kappa shape index (κ2) is 13.9. The largest absolute Gasteiger partial charge is 0.478 e. The molecule has 0 radical (unpaired) electrons. The summed E-state index contributed by atoms with van der Waals surface area (Å²) < 4.78 is 0. The third kappa shape index (κ3) is 6.03. The number of hydrogen-bond acceptors (Lipinski definition) is 4. The third-order valence-electron chi connectivity index (χ3n) is 14.8. The predicted octanol–water partition coefficient (Wildman–Crippen LogP) is 9.20. The molecule has 7 rings (SSSR count). The van der Waals surface area contributed by atoms with Crippen LogP contribution in [-0.2, 0) is 4.79 Å². The van der Waals surface area contributed by atoms with Crippen molar-refractivity contribution in [1.82, 2.24) is 10.2 Å². The molecule has 1 aromatic rings. The van der Waals surface area contributed by atoms with Crippen molar-refractivity contribution >= 4 is 29.2 Å². The van der Waals surface area contributed by atoms with E-state index in [-0.39, 0.29) is 16.2 Å². The number of carboxylic acids is 1. The zero-order chi connectivity index (χ0) is 34.3. The van der Waals surface area contributed by atoms with Gasteiger partial charge in [-0.05, 0) is 134 Å². The Balaban J connectivity index is 0.00000129. The molecule has 6 heteroatoms. The molecule has 1 aliphatic heterocycles. The Hall–Kier alpha value is -2.05. The van der Waals surface area contributed by atoms with E-state index in [0.29, 0.717) is 40.6 Å². The van der Waals surface area contributed by atoms with Gasteiger partial charge in [-0.15, -0.1) is 6.58 Å². The molecular formula is C42H62N2O3S. The lowest BCUT2D eigenvalue weighted by Gasteiger charge is -2.68. The Morgan fingerprint density at radius 1 is 0.938 bits per heavy atom. The number of aromatic carboxylic acids is 1. The van der Waals surface area contributed by atoms with Crippen LogP contribution in [0.2, 0.25) is 0 Å². The summed E-state index contributed by atoms with van der Waals surface area (Å²) in [7, 11) is 0. The predicted molar refractivity (Wildman–Crippen MR) is 200 cm³/mol. The van der Waals surface area contributed by atoms with E-state index < -0.39 is 5.97 Å². The molecule has 0 aromatic heterocycles. The molecule has 1 amide bonds. The number of allylic oxidation sites excluding steroid dienone is 3. The summed E-state index contributed by atoms with van der Waals surface area (Å²) in [5, 5.41) is 12.9. The number of nitrogens with one attached hydrogen (secondary N) is 1. The number of benzene rings is 1. The third-order valence-corrected chi connectivity index (χ3v) is 15.7. The lowest BCUT2D eigenvalue weighted by molar-refractivity contribution is -0.181. The molecule has 0 spiro atoms. The van der Waals surface area contributed by atoms with Gasteiger partial charge in [-0.2, -0.15) is 11.8 Å². The lowest BCUT2D eigenvalue weighted by Crippen LogP contribution is -2.62. The molecule has 1 heterocycles. The summed E-state index contributed by atoms with van der Waals surface area (Å²) in [6, 6.07) is 7.58. The van der Waals surface area contributed by atoms with E-state index in [9.17, 15) is 14.7 Å². The van der Waals surface area contributed by atoms with Gasteiger partial charge in [0.1, 0.15) is 0 Å². The molecule has 5 nitrogen and oxygen atoms in total. The van der Waals surface area contributed by atoms with Crippen LogP contribution in [0.25, 0.3) is 5.57 Å². The summed E-state index contributed by atoms with van der Waals surface area (Å²) in [6.07, 6.45) is 16.4. The second-order valence-corrected chi connectivity index (χ2v) is 18.5. The number of amides is 1. The van der Waals surface area contributed by atoms with Crippen molar-refractivity contribution < 1.29 is 14.7 Å². The number of carbonyl (C=O) groups excluding carboxylic acids is 1. The van der Waals surface area contributed by atoms with Crippen LogP contribution in [0.5, 0.6) is 0 Å². The molecule has 8 atom stereocenters. The van der Waals surface area contributed by atoms with Gasteiger partial charge in [-0.1, -0.05) is 58.4 Å². The van der Waals surface area contributed by atoms with Gasteiger partial charge in [-0.25, -0.2) is 4.79 Å². The van der Waals surface area contributed by atoms with E-state index in [4.69, 9.17) is 0 Å². The molecule has 0 bridgehead atoms. The first kappa shape index (κ1) is 35.8. The molecule has 5 aliphatic carbocycles. The summed E-state index contributed by atoms with van der Waals surface area (Å²) in [5.74, 6) is 5.29. The number of carboxylic acid groups (broad SMARTS) is 1. The van der Waals surface area contributed by atoms with Crippen molar-refractivity contribution in [1.29, 1.82) is 0 Å². The minimum absolute atomic E-state index is 0.0359. The zero-order valence-corrected chi connectivity index (χ0v) is 31.3. The summed E-state index contributed by atoms with van der Waals surface area (Å²) in [6.45, 7) is 19.6. The van der Waals surface area contributed by atoms with E-state index in [1.165, 1.54) is 67.6 Å². The van der Waals surface area contributed by atoms with Crippen LogP contribution < -0.4 is 5.32 Å². The first-order chi connectivity index (χ1) is 22.9. The molecule has 1 aromatic carbocycles. The quantitative estimate of drug-likeness (QED) is 0.295. The maximum Gasteiger partial charge on any atom is 0.335 e. The van der Waals surface area contributed by atoms with Crippen LogP contribution in [0.15, 0.2) is 43.0 Å². The minimum atomic E-state index is -0.862. The summed E-state index contributed by atoms with van der Waals surface area (Å²) in [5.41, 5.74) is 3.46. The van der Waals surface area contributed by atoms with E-state index in [2.05, 4.69) is 50.6 Å². The zero-order valence-electron chi connectivity index (χ0n) is 30.5. The highest BCUT2D eigenvalue weighted by Gasteiger charge is 2.66. The summed E-state index contributed by atoms with van der Waals surface area (Å²) >= 11 is 2.05. The Kier molecular flexibility index (Phi) is 10.4. The van der Waals surface area contributed by atoms with E-state index >= 15 is 0 Å². The highest BCUT2D eigenvalue weighted by Crippen LogP contribution is 2.73. The molecule has 4 saturated carbocycles. The standard InChI is InChI=1S/C39H56N2O3S.C3H6/c1-36(2)29(26-7-9-27(10-8-26)34(42)43)13-17-38(4)32(36)15-18-37(3)30-14-19-39(16-5-6-31(39)28(30)11-12-33(37)38)35(44)40-20-21-41-22-24-45-25-23-41;1-3-2/h7-10,13,28,30-33H,5-6,11-12,14-25H2,1-4H3,(H,40,44)(H,42,43);3H,1H2,2H3. The van der Waals surface area contributed by atoms with Gasteiger partial charge in [0.15, 0.2) is 0 Å². The van der Waals surface area contributed by atoms with Gasteiger partial charge >= 0.3 is 5.97 Å². The average molecular weight is 675 g/mol. The highest BCUT2D eigenvalue weighted by atomic mass is 32.2. The van der Waals surface area contributed by atoms with Gasteiger partial charge < -0.3 is 10.4 Å². The number of hydrogen-bond donors (Lipinski definition) is 2. The lowest BCUT2D eigenvalue weighted by atomic mass is 9.36. The highest BCUT2D eigenvalue weighted by molar-refractivity contribution is 7.99. The topological polar surface area (TPSA) is 69.6 Å². The Bertz CT molecular complexity index is 1380. The Morgan fingerprint density at radius 3 is 2.33 bits per heavy atom. The number of nitrogens with zero attached hydrogens (tertiary/aromatic N) is 1. The molecule has 48 heavy (non-hydrogen) atoms. The van der Waals surface area contributed by atoms with Crippen molar-refractivity contribution in [3.8, 4) is 0 Å². The fourth-order valence-corrected chi connectivity index (χ4v) is 13.8. The van der Waals surface area contributed by atoms with Crippen LogP contribution in [0.3, 0.4) is 0 Å². The van der Waals surface area contributed by atoms with Crippen molar-refractivity contribution in [3.05, 3.63) is 54.1 Å². The number of fused-ring (bicyclic) bond motifs is 7. The van der Waals surface area contributed by atoms with Crippen molar-refractivity contribution in [2.24, 2.45) is 51.2 Å². The molecule has 8 unspecified atom stereocenters. The molecular weight excluding hydrogens is 613 g/mol. The molecule has 2 N–H and O–H groups in total. The molecule has 1 saturated heterocycles. The first-order valence-electron chi connectivity index (χ1n) is 19.1. The number of rotatable bonds is 6. The molecule has 5 fully saturated rings. The second-order valence-electron chi connectivity index (χ2n) is 17.2. The summed E-state index contributed by atoms with van der Waals surface area (Å²) in [4.78, 5) is 28.0. The van der Waals surface area contributed by atoms with Crippen LogP contribution in [0.1, 0.15) is 115 Å². The van der Waals surface area contributed by atoms with Crippen LogP contribution in [0, 0.1) is 51.2 Å². The van der Waals surface area contributed by atoms with E-state index in [1.807, 2.05) is 30.8 Å². The maximum absolute atomic E-state index is 14.0. The van der Waals surface area contributed by atoms with Crippen LogP contribution >= 0.6 is 11.8 Å². The molecule has 264 valence electrons. The van der Waals surface area contributed by atoms with Gasteiger partial charge in [-0.3, -0.25) is 9.69 Å². The fraction of sp³-hybridized carbons (Fsp3) is 0.714. The van der Waals surface area contributed by atoms with Gasteiger partial charge in [0.05, 0.1) is 11.0 Å². The van der Waals surface area contributed by atoms with Crippen molar-refractivity contribution in [2.45, 2.75) is 98.8 Å². The smallest absolute Gasteiger partial charge is 0.335 e. The van der Waals surface area contributed by atoms with Crippen molar-refractivity contribution in [2.75, 3.05) is 37.7 Å². The van der Waals surface area contributed by atoms with E-state index in [0.717, 1.165) is 51.4 Å². The maximum atomic E-state index is 14.0. The Labute approximate surface area is 295 Å². The van der Waals surface area contributed by atoms with Gasteiger partial charge in [0.25, 0.3) is 0 Å².